The average Bonchev–Trinajstić information content (AvgIpc) is 3.52. The molecule has 3 aromatic carbocycles. The standard InChI is InChI=1S/C39H38FN3O5S/c1-7-46-38(45)35-25(5)41-39-43(36(35)32-13-8-9-14-33(32)48-23(2)3)37(44)34(49-39)21-28-19-24(4)42(26(28)6)30-15-17-31(18-16-30)47-22-27-11-10-12-29(40)20-27/h8-21,23,36H,7,22H2,1-6H3/b34-21-/t36-/m0/s1. The maximum Gasteiger partial charge on any atom is 0.338 e. The van der Waals surface area contributed by atoms with Crippen molar-refractivity contribution in [1.82, 2.24) is 9.13 Å². The van der Waals surface area contributed by atoms with Crippen LogP contribution < -0.4 is 24.4 Å². The Labute approximate surface area is 288 Å². The van der Waals surface area contributed by atoms with Crippen molar-refractivity contribution in [3.8, 4) is 17.2 Å². The van der Waals surface area contributed by atoms with Gasteiger partial charge in [0.15, 0.2) is 4.80 Å². The van der Waals surface area contributed by atoms with E-state index < -0.39 is 12.0 Å². The molecule has 0 fully saturated rings. The van der Waals surface area contributed by atoms with Crippen LogP contribution in [0.25, 0.3) is 11.8 Å². The van der Waals surface area contributed by atoms with E-state index in [1.807, 2.05) is 94.4 Å². The fourth-order valence-corrected chi connectivity index (χ4v) is 7.15. The van der Waals surface area contributed by atoms with Gasteiger partial charge in [0.25, 0.3) is 5.56 Å². The van der Waals surface area contributed by atoms with Gasteiger partial charge in [-0.15, -0.1) is 0 Å². The number of nitrogens with zero attached hydrogens (tertiary/aromatic N) is 3. The number of allylic oxidation sites excluding steroid dienone is 1. The monoisotopic (exact) mass is 679 g/mol. The smallest absolute Gasteiger partial charge is 0.338 e. The average molecular weight is 680 g/mol. The zero-order chi connectivity index (χ0) is 34.8. The molecular weight excluding hydrogens is 642 g/mol. The summed E-state index contributed by atoms with van der Waals surface area (Å²) in [7, 11) is 0. The molecule has 252 valence electrons. The van der Waals surface area contributed by atoms with Gasteiger partial charge in [-0.2, -0.15) is 0 Å². The quantitative estimate of drug-likeness (QED) is 0.153. The first-order chi connectivity index (χ1) is 23.5. The molecule has 0 bridgehead atoms. The summed E-state index contributed by atoms with van der Waals surface area (Å²) < 4.78 is 35.2. The minimum atomic E-state index is -0.776. The summed E-state index contributed by atoms with van der Waals surface area (Å²) >= 11 is 1.28. The molecule has 0 saturated carbocycles. The highest BCUT2D eigenvalue weighted by Gasteiger charge is 2.35. The third-order valence-electron chi connectivity index (χ3n) is 8.24. The zero-order valence-electron chi connectivity index (χ0n) is 28.3. The van der Waals surface area contributed by atoms with Crippen LogP contribution in [-0.2, 0) is 16.1 Å². The number of fused-ring (bicyclic) bond motifs is 1. The van der Waals surface area contributed by atoms with Gasteiger partial charge in [0.2, 0.25) is 0 Å². The number of ether oxygens (including phenoxy) is 3. The Bertz CT molecular complexity index is 2240. The number of para-hydroxylation sites is 1. The molecule has 0 aliphatic carbocycles. The highest BCUT2D eigenvalue weighted by atomic mass is 32.1. The number of hydrogen-bond acceptors (Lipinski definition) is 7. The zero-order valence-corrected chi connectivity index (χ0v) is 29.1. The number of halogens is 1. The van der Waals surface area contributed by atoms with Crippen LogP contribution in [0.15, 0.2) is 99.9 Å². The minimum Gasteiger partial charge on any atom is -0.491 e. The highest BCUT2D eigenvalue weighted by molar-refractivity contribution is 7.07. The van der Waals surface area contributed by atoms with Gasteiger partial charge in [0, 0.05) is 22.6 Å². The van der Waals surface area contributed by atoms with Gasteiger partial charge in [-0.1, -0.05) is 41.7 Å². The summed E-state index contributed by atoms with van der Waals surface area (Å²) in [5.41, 5.74) is 5.74. The second-order valence-corrected chi connectivity index (χ2v) is 13.1. The Balaban J connectivity index is 1.38. The highest BCUT2D eigenvalue weighted by Crippen LogP contribution is 2.36. The summed E-state index contributed by atoms with van der Waals surface area (Å²) in [6.07, 6.45) is 1.77. The van der Waals surface area contributed by atoms with E-state index in [4.69, 9.17) is 19.2 Å². The molecule has 49 heavy (non-hydrogen) atoms. The molecule has 2 aromatic heterocycles. The van der Waals surface area contributed by atoms with Crippen molar-refractivity contribution < 1.29 is 23.4 Å². The summed E-state index contributed by atoms with van der Waals surface area (Å²) in [4.78, 5) is 32.9. The number of hydrogen-bond donors (Lipinski definition) is 0. The molecule has 5 aromatic rings. The maximum atomic E-state index is 14.3. The minimum absolute atomic E-state index is 0.118. The van der Waals surface area contributed by atoms with Crippen LogP contribution in [0.2, 0.25) is 0 Å². The number of thiazole rings is 1. The molecular formula is C39H38FN3O5S. The van der Waals surface area contributed by atoms with Gasteiger partial charge < -0.3 is 18.8 Å². The largest absolute Gasteiger partial charge is 0.491 e. The van der Waals surface area contributed by atoms with E-state index >= 15 is 0 Å². The molecule has 3 heterocycles. The van der Waals surface area contributed by atoms with E-state index in [0.717, 1.165) is 28.2 Å². The van der Waals surface area contributed by atoms with Gasteiger partial charge in [0.1, 0.15) is 30.0 Å². The van der Waals surface area contributed by atoms with Gasteiger partial charge >= 0.3 is 5.97 Å². The number of carbonyl (C=O) groups is 1. The van der Waals surface area contributed by atoms with Gasteiger partial charge in [0.05, 0.1) is 28.5 Å². The van der Waals surface area contributed by atoms with Gasteiger partial charge in [-0.05, 0) is 107 Å². The first-order valence-corrected chi connectivity index (χ1v) is 17.0. The SMILES string of the molecule is CCOC(=O)C1=C(C)N=c2s/c(=C\c3cc(C)n(-c4ccc(OCc5cccc(F)c5)cc4)c3C)c(=O)n2[C@H]1c1ccccc1OC(C)C. The van der Waals surface area contributed by atoms with Crippen molar-refractivity contribution in [3.63, 3.8) is 0 Å². The van der Waals surface area contributed by atoms with E-state index in [2.05, 4.69) is 4.57 Å². The van der Waals surface area contributed by atoms with Crippen molar-refractivity contribution in [2.75, 3.05) is 6.61 Å². The summed E-state index contributed by atoms with van der Waals surface area (Å²) in [5, 5.41) is 0. The Kier molecular flexibility index (Phi) is 9.69. The molecule has 0 radical (unpaired) electrons. The molecule has 0 spiro atoms. The number of benzene rings is 3. The Morgan fingerprint density at radius 2 is 1.78 bits per heavy atom. The Morgan fingerprint density at radius 3 is 2.49 bits per heavy atom. The lowest BCUT2D eigenvalue weighted by Gasteiger charge is -2.26. The van der Waals surface area contributed by atoms with Crippen LogP contribution in [0.3, 0.4) is 0 Å². The fraction of sp³-hybridized carbons (Fsp3) is 0.256. The lowest BCUT2D eigenvalue weighted by Crippen LogP contribution is -2.40. The topological polar surface area (TPSA) is 84.0 Å². The van der Waals surface area contributed by atoms with Crippen molar-refractivity contribution >= 4 is 23.4 Å². The Hall–Kier alpha value is -5.22. The van der Waals surface area contributed by atoms with Gasteiger partial charge in [-0.25, -0.2) is 14.2 Å². The van der Waals surface area contributed by atoms with E-state index in [9.17, 15) is 14.0 Å². The third-order valence-corrected chi connectivity index (χ3v) is 9.22. The number of carbonyl (C=O) groups excluding carboxylic acids is 1. The van der Waals surface area contributed by atoms with Crippen molar-refractivity contribution in [2.45, 2.75) is 60.3 Å². The molecule has 0 amide bonds. The van der Waals surface area contributed by atoms with Crippen LogP contribution in [-0.4, -0.2) is 27.8 Å². The molecule has 0 saturated heterocycles. The van der Waals surface area contributed by atoms with E-state index in [1.54, 1.807) is 24.5 Å². The second-order valence-electron chi connectivity index (χ2n) is 12.1. The number of esters is 1. The number of aromatic nitrogens is 2. The molecule has 1 aliphatic heterocycles. The van der Waals surface area contributed by atoms with Gasteiger partial charge in [-0.3, -0.25) is 9.36 Å². The summed E-state index contributed by atoms with van der Waals surface area (Å²) in [5.74, 6) is 0.444. The summed E-state index contributed by atoms with van der Waals surface area (Å²) in [6, 6.07) is 22.8. The van der Waals surface area contributed by atoms with E-state index in [0.29, 0.717) is 37.7 Å². The van der Waals surface area contributed by atoms with Crippen LogP contribution >= 0.6 is 11.3 Å². The fourth-order valence-electron chi connectivity index (χ4n) is 6.11. The predicted molar refractivity (Wildman–Crippen MR) is 189 cm³/mol. The van der Waals surface area contributed by atoms with E-state index in [1.165, 1.54) is 23.5 Å². The third kappa shape index (κ3) is 6.87. The van der Waals surface area contributed by atoms with Crippen molar-refractivity contribution in [3.05, 3.63) is 144 Å². The predicted octanol–water partition coefficient (Wildman–Crippen LogP) is 6.71. The van der Waals surface area contributed by atoms with Crippen LogP contribution in [0.5, 0.6) is 11.5 Å². The maximum absolute atomic E-state index is 14.3. The molecule has 10 heteroatoms. The Morgan fingerprint density at radius 1 is 1.02 bits per heavy atom. The lowest BCUT2D eigenvalue weighted by atomic mass is 9.95. The summed E-state index contributed by atoms with van der Waals surface area (Å²) in [6.45, 7) is 11.9. The molecule has 0 unspecified atom stereocenters. The van der Waals surface area contributed by atoms with Crippen LogP contribution in [0, 0.1) is 19.7 Å². The molecule has 0 N–H and O–H groups in total. The van der Waals surface area contributed by atoms with Crippen LogP contribution in [0.1, 0.15) is 61.8 Å². The van der Waals surface area contributed by atoms with Crippen molar-refractivity contribution in [1.29, 1.82) is 0 Å². The normalized spacial score (nSPS) is 14.5. The van der Waals surface area contributed by atoms with Crippen LogP contribution in [0.4, 0.5) is 4.39 Å². The second kappa shape index (κ2) is 14.1. The first kappa shape index (κ1) is 33.7. The molecule has 6 rings (SSSR count). The van der Waals surface area contributed by atoms with E-state index in [-0.39, 0.29) is 30.7 Å². The first-order valence-electron chi connectivity index (χ1n) is 16.2. The molecule has 1 aliphatic rings. The molecule has 1 atom stereocenters. The lowest BCUT2D eigenvalue weighted by molar-refractivity contribution is -0.139. The van der Waals surface area contributed by atoms with Crippen molar-refractivity contribution in [2.24, 2.45) is 4.99 Å². The number of aryl methyl sites for hydroxylation is 1. The molecule has 8 nitrogen and oxygen atoms in total. The number of rotatable bonds is 10.